The lowest BCUT2D eigenvalue weighted by atomic mass is 10.0. The number of aliphatic hydroxyl groups excluding tert-OH is 1. The summed E-state index contributed by atoms with van der Waals surface area (Å²) in [6.07, 6.45) is -1.86. The molecule has 3 N–H and O–H groups in total. The maximum atomic E-state index is 12.8. The fraction of sp³-hybridized carbons (Fsp3) is 0.292. The Kier molecular flexibility index (Phi) is 7.70. The number of carbonyl (C=O) groups excluding carboxylic acids is 1. The van der Waals surface area contributed by atoms with Crippen molar-refractivity contribution in [3.63, 3.8) is 0 Å². The van der Waals surface area contributed by atoms with Gasteiger partial charge in [0.15, 0.2) is 17.6 Å². The molecule has 0 radical (unpaired) electrons. The van der Waals surface area contributed by atoms with E-state index in [1.54, 1.807) is 18.2 Å². The second kappa shape index (κ2) is 10.7. The predicted molar refractivity (Wildman–Crippen MR) is 119 cm³/mol. The first kappa shape index (κ1) is 22.4. The quantitative estimate of drug-likeness (QED) is 0.462. The van der Waals surface area contributed by atoms with Crippen LogP contribution in [0.5, 0.6) is 11.5 Å². The van der Waals surface area contributed by atoms with Crippen molar-refractivity contribution in [1.29, 1.82) is 0 Å². The molecule has 7 nitrogen and oxygen atoms in total. The van der Waals surface area contributed by atoms with E-state index in [0.717, 1.165) is 10.8 Å². The Morgan fingerprint density at radius 3 is 2.58 bits per heavy atom. The molecule has 0 saturated carbocycles. The summed E-state index contributed by atoms with van der Waals surface area (Å²) in [6.45, 7) is 2.05. The van der Waals surface area contributed by atoms with Gasteiger partial charge in [0, 0.05) is 25.0 Å². The van der Waals surface area contributed by atoms with Crippen molar-refractivity contribution in [3.05, 3.63) is 66.2 Å². The van der Waals surface area contributed by atoms with Crippen LogP contribution in [0.4, 0.5) is 10.5 Å². The Labute approximate surface area is 181 Å². The van der Waals surface area contributed by atoms with Crippen LogP contribution in [-0.4, -0.2) is 42.7 Å². The molecule has 0 aliphatic heterocycles. The lowest BCUT2D eigenvalue weighted by Crippen LogP contribution is -2.29. The van der Waals surface area contributed by atoms with E-state index in [2.05, 4.69) is 5.32 Å². The van der Waals surface area contributed by atoms with Crippen LogP contribution < -0.4 is 10.1 Å². The normalized spacial score (nSPS) is 12.9. The number of nitrogens with one attached hydrogen (secondary N) is 1. The molecule has 7 heteroatoms. The zero-order valence-corrected chi connectivity index (χ0v) is 17.6. The van der Waals surface area contributed by atoms with E-state index in [1.807, 2.05) is 43.3 Å². The van der Waals surface area contributed by atoms with Gasteiger partial charge in [-0.3, -0.25) is 5.32 Å². The molecule has 2 atom stereocenters. The molecule has 0 spiro atoms. The van der Waals surface area contributed by atoms with Gasteiger partial charge in [0.1, 0.15) is 6.10 Å². The number of hydrogen-bond donors (Lipinski definition) is 3. The third-order valence-electron chi connectivity index (χ3n) is 4.92. The highest BCUT2D eigenvalue weighted by Crippen LogP contribution is 2.34. The van der Waals surface area contributed by atoms with Crippen molar-refractivity contribution in [2.45, 2.75) is 25.6 Å². The van der Waals surface area contributed by atoms with Crippen LogP contribution >= 0.6 is 0 Å². The number of aliphatic hydroxyl groups is 1. The molecule has 0 heterocycles. The van der Waals surface area contributed by atoms with Gasteiger partial charge in [0.25, 0.3) is 0 Å². The van der Waals surface area contributed by atoms with E-state index in [4.69, 9.17) is 14.2 Å². The number of phenols is 1. The molecular formula is C24H27NO6. The number of carbonyl (C=O) groups is 1. The number of ether oxygens (including phenoxy) is 3. The minimum atomic E-state index is -0.848. The van der Waals surface area contributed by atoms with Crippen LogP contribution in [0.15, 0.2) is 60.7 Å². The van der Waals surface area contributed by atoms with Crippen molar-refractivity contribution >= 4 is 22.6 Å². The average Bonchev–Trinajstić information content (AvgIpc) is 2.77. The van der Waals surface area contributed by atoms with Crippen LogP contribution in [0.2, 0.25) is 0 Å². The van der Waals surface area contributed by atoms with Crippen molar-refractivity contribution in [3.8, 4) is 11.5 Å². The summed E-state index contributed by atoms with van der Waals surface area (Å²) in [5.74, 6) is 0.222. The van der Waals surface area contributed by atoms with Crippen LogP contribution in [-0.2, 0) is 9.47 Å². The van der Waals surface area contributed by atoms with Crippen LogP contribution in [0.25, 0.3) is 10.8 Å². The van der Waals surface area contributed by atoms with Gasteiger partial charge in [-0.25, -0.2) is 4.79 Å². The molecule has 3 aromatic rings. The minimum Gasteiger partial charge on any atom is -0.504 e. The number of aromatic hydroxyl groups is 1. The highest BCUT2D eigenvalue weighted by atomic mass is 16.6. The first-order valence-electron chi connectivity index (χ1n) is 10.1. The Hall–Kier alpha value is -3.29. The summed E-state index contributed by atoms with van der Waals surface area (Å²) in [7, 11) is 1.45. The molecule has 0 saturated heterocycles. The van der Waals surface area contributed by atoms with E-state index < -0.39 is 18.3 Å². The third kappa shape index (κ3) is 5.45. The molecule has 164 valence electrons. The summed E-state index contributed by atoms with van der Waals surface area (Å²) < 4.78 is 16.6. The van der Waals surface area contributed by atoms with Crippen molar-refractivity contribution in [2.75, 3.05) is 25.6 Å². The van der Waals surface area contributed by atoms with Gasteiger partial charge < -0.3 is 24.4 Å². The number of fused-ring (bicyclic) bond motifs is 1. The van der Waals surface area contributed by atoms with Crippen LogP contribution in [0, 0.1) is 0 Å². The van der Waals surface area contributed by atoms with Crippen LogP contribution in [0.1, 0.15) is 25.0 Å². The fourth-order valence-electron chi connectivity index (χ4n) is 3.50. The van der Waals surface area contributed by atoms with E-state index >= 15 is 0 Å². The molecule has 0 unspecified atom stereocenters. The van der Waals surface area contributed by atoms with E-state index in [1.165, 1.54) is 13.2 Å². The Bertz CT molecular complexity index is 1010. The SMILES string of the molecule is CCO[C@H](CCO)[C@H](OC(=O)Nc1cccc2ccccc12)c1ccc(OC)c(O)c1. The smallest absolute Gasteiger partial charge is 0.412 e. The largest absolute Gasteiger partial charge is 0.504 e. The molecule has 0 aliphatic carbocycles. The number of methoxy groups -OCH3 is 1. The predicted octanol–water partition coefficient (Wildman–Crippen LogP) is 4.63. The second-order valence-corrected chi connectivity index (χ2v) is 6.91. The van der Waals surface area contributed by atoms with Crippen LogP contribution in [0.3, 0.4) is 0 Å². The summed E-state index contributed by atoms with van der Waals surface area (Å²) in [6, 6.07) is 18.1. The topological polar surface area (TPSA) is 97.2 Å². The summed E-state index contributed by atoms with van der Waals surface area (Å²) in [5, 5.41) is 24.3. The highest BCUT2D eigenvalue weighted by molar-refractivity contribution is 6.00. The summed E-state index contributed by atoms with van der Waals surface area (Å²) >= 11 is 0. The number of benzene rings is 3. The molecule has 0 aromatic heterocycles. The van der Waals surface area contributed by atoms with E-state index in [9.17, 15) is 15.0 Å². The second-order valence-electron chi connectivity index (χ2n) is 6.91. The zero-order valence-electron chi connectivity index (χ0n) is 17.6. The maximum Gasteiger partial charge on any atom is 0.412 e. The number of anilines is 1. The number of amides is 1. The van der Waals surface area contributed by atoms with Crippen molar-refractivity contribution in [1.82, 2.24) is 0 Å². The molecule has 3 aromatic carbocycles. The summed E-state index contributed by atoms with van der Waals surface area (Å²) in [4.78, 5) is 12.8. The Morgan fingerprint density at radius 2 is 1.87 bits per heavy atom. The molecular weight excluding hydrogens is 398 g/mol. The fourth-order valence-corrected chi connectivity index (χ4v) is 3.50. The van der Waals surface area contributed by atoms with Gasteiger partial charge in [0.05, 0.1) is 12.8 Å². The van der Waals surface area contributed by atoms with Crippen molar-refractivity contribution in [2.24, 2.45) is 0 Å². The Balaban J connectivity index is 1.88. The minimum absolute atomic E-state index is 0.0812. The highest BCUT2D eigenvalue weighted by Gasteiger charge is 2.28. The molecule has 0 fully saturated rings. The number of rotatable bonds is 9. The standard InChI is InChI=1S/C24H27NO6/c1-3-30-22(13-14-26)23(17-11-12-21(29-2)20(27)15-17)31-24(28)25-19-10-6-8-16-7-4-5-9-18(16)19/h4-12,15,22-23,26-27H,3,13-14H2,1-2H3,(H,25,28)/t22-,23-/m1/s1. The molecule has 1 amide bonds. The number of hydrogen-bond acceptors (Lipinski definition) is 6. The molecule has 0 bridgehead atoms. The zero-order chi connectivity index (χ0) is 22.2. The molecule has 3 rings (SSSR count). The average molecular weight is 425 g/mol. The summed E-state index contributed by atoms with van der Waals surface area (Å²) in [5.41, 5.74) is 1.15. The Morgan fingerprint density at radius 1 is 1.10 bits per heavy atom. The lowest BCUT2D eigenvalue weighted by Gasteiger charge is -2.27. The van der Waals surface area contributed by atoms with Gasteiger partial charge in [-0.05, 0) is 36.1 Å². The monoisotopic (exact) mass is 425 g/mol. The van der Waals surface area contributed by atoms with Gasteiger partial charge >= 0.3 is 6.09 Å². The molecule has 31 heavy (non-hydrogen) atoms. The first-order chi connectivity index (χ1) is 15.1. The van der Waals surface area contributed by atoms with Gasteiger partial charge in [-0.15, -0.1) is 0 Å². The third-order valence-corrected chi connectivity index (χ3v) is 4.92. The molecule has 0 aliphatic rings. The number of phenolic OH excluding ortho intramolecular Hbond substituents is 1. The van der Waals surface area contributed by atoms with Gasteiger partial charge in [-0.1, -0.05) is 42.5 Å². The lowest BCUT2D eigenvalue weighted by molar-refractivity contribution is -0.0484. The van der Waals surface area contributed by atoms with Gasteiger partial charge in [-0.2, -0.15) is 0 Å². The van der Waals surface area contributed by atoms with E-state index in [-0.39, 0.29) is 18.8 Å². The maximum absolute atomic E-state index is 12.8. The van der Waals surface area contributed by atoms with Crippen molar-refractivity contribution < 1.29 is 29.2 Å². The van der Waals surface area contributed by atoms with Gasteiger partial charge in [0.2, 0.25) is 0 Å². The van der Waals surface area contributed by atoms with E-state index in [0.29, 0.717) is 23.6 Å². The first-order valence-corrected chi connectivity index (χ1v) is 10.1.